The molecule has 128 valence electrons. The maximum absolute atomic E-state index is 13.0. The van der Waals surface area contributed by atoms with Crippen LogP contribution in [0, 0.1) is 0 Å². The molecule has 3 aromatic rings. The number of rotatable bonds is 3. The van der Waals surface area contributed by atoms with Crippen molar-refractivity contribution in [3.8, 4) is 5.75 Å². The Labute approximate surface area is 145 Å². The Balaban J connectivity index is 1.51. The van der Waals surface area contributed by atoms with Crippen LogP contribution in [0.4, 0.5) is 0 Å². The van der Waals surface area contributed by atoms with Crippen molar-refractivity contribution in [1.29, 1.82) is 0 Å². The van der Waals surface area contributed by atoms with E-state index in [-0.39, 0.29) is 5.91 Å². The maximum atomic E-state index is 13.0. The monoisotopic (exact) mass is 336 g/mol. The summed E-state index contributed by atoms with van der Waals surface area (Å²) < 4.78 is 5.28. The van der Waals surface area contributed by atoms with E-state index in [1.54, 1.807) is 25.7 Å². The molecule has 1 aliphatic rings. The summed E-state index contributed by atoms with van der Waals surface area (Å²) in [6.07, 6.45) is 8.86. The summed E-state index contributed by atoms with van der Waals surface area (Å²) >= 11 is 0. The van der Waals surface area contributed by atoms with Gasteiger partial charge in [0.2, 0.25) is 0 Å². The average Bonchev–Trinajstić information content (AvgIpc) is 3.11. The maximum Gasteiger partial charge on any atom is 0.256 e. The van der Waals surface area contributed by atoms with Crippen molar-refractivity contribution in [1.82, 2.24) is 19.9 Å². The summed E-state index contributed by atoms with van der Waals surface area (Å²) in [6.45, 7) is 1.47. The number of nitrogens with zero attached hydrogens (tertiary/aromatic N) is 3. The molecule has 1 aromatic carbocycles. The van der Waals surface area contributed by atoms with E-state index >= 15 is 0 Å². The number of likely N-dealkylation sites (tertiary alicyclic amines) is 1. The van der Waals surface area contributed by atoms with Crippen LogP contribution in [0.25, 0.3) is 10.9 Å². The second-order valence-corrected chi connectivity index (χ2v) is 6.31. The fraction of sp³-hybridized carbons (Fsp3) is 0.316. The van der Waals surface area contributed by atoms with Gasteiger partial charge in [-0.3, -0.25) is 14.8 Å². The van der Waals surface area contributed by atoms with Crippen LogP contribution in [0.15, 0.2) is 43.0 Å². The zero-order valence-corrected chi connectivity index (χ0v) is 14.1. The molecule has 0 bridgehead atoms. The number of H-pyrrole nitrogens is 1. The van der Waals surface area contributed by atoms with E-state index in [4.69, 9.17) is 4.74 Å². The lowest BCUT2D eigenvalue weighted by Gasteiger charge is -2.31. The molecule has 0 saturated carbocycles. The summed E-state index contributed by atoms with van der Waals surface area (Å²) in [6, 6.07) is 5.73. The van der Waals surface area contributed by atoms with Gasteiger partial charge in [0, 0.05) is 54.7 Å². The largest absolute Gasteiger partial charge is 0.497 e. The first-order chi connectivity index (χ1) is 12.3. The molecule has 6 nitrogen and oxygen atoms in total. The number of hydrogen-bond donors (Lipinski definition) is 1. The molecule has 0 radical (unpaired) electrons. The van der Waals surface area contributed by atoms with Gasteiger partial charge in [-0.05, 0) is 31.0 Å². The number of piperidine rings is 1. The van der Waals surface area contributed by atoms with Crippen molar-refractivity contribution in [2.45, 2.75) is 18.8 Å². The molecule has 1 amide bonds. The Hall–Kier alpha value is -2.89. The van der Waals surface area contributed by atoms with Crippen LogP contribution < -0.4 is 4.74 Å². The molecule has 2 aromatic heterocycles. The fourth-order valence-corrected chi connectivity index (χ4v) is 3.47. The number of methoxy groups -OCH3 is 1. The first kappa shape index (κ1) is 15.6. The second kappa shape index (κ2) is 6.55. The van der Waals surface area contributed by atoms with Crippen LogP contribution in [0.1, 0.15) is 34.8 Å². The van der Waals surface area contributed by atoms with Gasteiger partial charge in [0.15, 0.2) is 0 Å². The highest BCUT2D eigenvalue weighted by atomic mass is 16.5. The first-order valence-electron chi connectivity index (χ1n) is 8.46. The van der Waals surface area contributed by atoms with E-state index in [0.29, 0.717) is 11.5 Å². The molecular weight excluding hydrogens is 316 g/mol. The van der Waals surface area contributed by atoms with Crippen molar-refractivity contribution in [3.63, 3.8) is 0 Å². The van der Waals surface area contributed by atoms with Gasteiger partial charge >= 0.3 is 0 Å². The molecule has 1 aliphatic heterocycles. The molecule has 6 heteroatoms. The van der Waals surface area contributed by atoms with E-state index in [1.165, 1.54) is 0 Å². The third-order valence-corrected chi connectivity index (χ3v) is 4.90. The number of carbonyl (C=O) groups excluding carboxylic acids is 1. The van der Waals surface area contributed by atoms with Crippen LogP contribution in [0.5, 0.6) is 5.75 Å². The van der Waals surface area contributed by atoms with Gasteiger partial charge in [0.1, 0.15) is 5.75 Å². The molecule has 0 aliphatic carbocycles. The number of carbonyl (C=O) groups is 1. The number of ether oxygens (including phenoxy) is 1. The minimum absolute atomic E-state index is 0.0668. The predicted molar refractivity (Wildman–Crippen MR) is 94.8 cm³/mol. The van der Waals surface area contributed by atoms with E-state index in [1.807, 2.05) is 29.3 Å². The number of fused-ring (bicyclic) bond motifs is 1. The highest BCUT2D eigenvalue weighted by molar-refractivity contribution is 6.07. The predicted octanol–water partition coefficient (Wildman–Crippen LogP) is 2.99. The van der Waals surface area contributed by atoms with E-state index < -0.39 is 0 Å². The van der Waals surface area contributed by atoms with E-state index in [0.717, 1.165) is 48.3 Å². The Kier molecular flexibility index (Phi) is 4.09. The van der Waals surface area contributed by atoms with Gasteiger partial charge in [-0.1, -0.05) is 0 Å². The zero-order chi connectivity index (χ0) is 17.2. The van der Waals surface area contributed by atoms with E-state index in [9.17, 15) is 4.79 Å². The SMILES string of the molecule is COc1ccc2[nH]cc(C(=O)N3CCC(c4cnccn4)CC3)c2c1. The van der Waals surface area contributed by atoms with E-state index in [2.05, 4.69) is 15.0 Å². The van der Waals surface area contributed by atoms with Gasteiger partial charge in [0.25, 0.3) is 5.91 Å². The number of nitrogens with one attached hydrogen (secondary N) is 1. The average molecular weight is 336 g/mol. The summed E-state index contributed by atoms with van der Waals surface area (Å²) in [4.78, 5) is 26.6. The molecular formula is C19H20N4O2. The minimum atomic E-state index is 0.0668. The Morgan fingerprint density at radius 1 is 1.28 bits per heavy atom. The lowest BCUT2D eigenvalue weighted by molar-refractivity contribution is 0.0714. The first-order valence-corrected chi connectivity index (χ1v) is 8.46. The topological polar surface area (TPSA) is 71.1 Å². The van der Waals surface area contributed by atoms with Gasteiger partial charge in [-0.2, -0.15) is 0 Å². The van der Waals surface area contributed by atoms with Crippen molar-refractivity contribution in [2.24, 2.45) is 0 Å². The van der Waals surface area contributed by atoms with Crippen molar-refractivity contribution >= 4 is 16.8 Å². The van der Waals surface area contributed by atoms with Crippen molar-refractivity contribution in [2.75, 3.05) is 20.2 Å². The number of aromatic amines is 1. The second-order valence-electron chi connectivity index (χ2n) is 6.31. The number of benzene rings is 1. The van der Waals surface area contributed by atoms with Gasteiger partial charge in [-0.15, -0.1) is 0 Å². The lowest BCUT2D eigenvalue weighted by Crippen LogP contribution is -2.38. The molecule has 25 heavy (non-hydrogen) atoms. The summed E-state index contributed by atoms with van der Waals surface area (Å²) in [5.41, 5.74) is 2.66. The molecule has 0 spiro atoms. The summed E-state index contributed by atoms with van der Waals surface area (Å²) in [5, 5.41) is 0.903. The van der Waals surface area contributed by atoms with Crippen LogP contribution >= 0.6 is 0 Å². The van der Waals surface area contributed by atoms with Crippen LogP contribution in [0.3, 0.4) is 0 Å². The molecule has 3 heterocycles. The number of hydrogen-bond acceptors (Lipinski definition) is 4. The van der Waals surface area contributed by atoms with Gasteiger partial charge in [0.05, 0.1) is 18.4 Å². The van der Waals surface area contributed by atoms with Crippen molar-refractivity contribution in [3.05, 3.63) is 54.2 Å². The Morgan fingerprint density at radius 3 is 2.84 bits per heavy atom. The molecule has 1 saturated heterocycles. The molecule has 0 unspecified atom stereocenters. The number of amides is 1. The van der Waals surface area contributed by atoms with Crippen LogP contribution in [-0.2, 0) is 0 Å². The molecule has 0 atom stereocenters. The zero-order valence-electron chi connectivity index (χ0n) is 14.1. The summed E-state index contributed by atoms with van der Waals surface area (Å²) in [7, 11) is 1.63. The third-order valence-electron chi connectivity index (χ3n) is 4.90. The molecule has 1 N–H and O–H groups in total. The third kappa shape index (κ3) is 2.95. The Bertz CT molecular complexity index is 883. The van der Waals surface area contributed by atoms with Crippen molar-refractivity contribution < 1.29 is 9.53 Å². The standard InChI is InChI=1S/C19H20N4O2/c1-25-14-2-3-17-15(10-14)16(11-22-17)19(24)23-8-4-13(5-9-23)18-12-20-6-7-21-18/h2-3,6-7,10-13,22H,4-5,8-9H2,1H3. The quantitative estimate of drug-likeness (QED) is 0.798. The fourth-order valence-electron chi connectivity index (χ4n) is 3.47. The van der Waals surface area contributed by atoms with Gasteiger partial charge < -0.3 is 14.6 Å². The number of aromatic nitrogens is 3. The lowest BCUT2D eigenvalue weighted by atomic mass is 9.93. The molecule has 4 rings (SSSR count). The van der Waals surface area contributed by atoms with Crippen LogP contribution in [-0.4, -0.2) is 46.0 Å². The highest BCUT2D eigenvalue weighted by Gasteiger charge is 2.26. The van der Waals surface area contributed by atoms with Gasteiger partial charge in [-0.25, -0.2) is 0 Å². The summed E-state index contributed by atoms with van der Waals surface area (Å²) in [5.74, 6) is 1.19. The Morgan fingerprint density at radius 2 is 2.12 bits per heavy atom. The smallest absolute Gasteiger partial charge is 0.256 e. The minimum Gasteiger partial charge on any atom is -0.497 e. The molecule has 1 fully saturated rings. The highest BCUT2D eigenvalue weighted by Crippen LogP contribution is 2.29. The normalized spacial score (nSPS) is 15.5. The van der Waals surface area contributed by atoms with Crippen LogP contribution in [0.2, 0.25) is 0 Å².